The second kappa shape index (κ2) is 14.3. The Balaban J connectivity index is 1.36. The van der Waals surface area contributed by atoms with Gasteiger partial charge in [0.05, 0.1) is 37.7 Å². The summed E-state index contributed by atoms with van der Waals surface area (Å²) in [6.07, 6.45) is -0.203. The molecule has 4 aromatic rings. The summed E-state index contributed by atoms with van der Waals surface area (Å²) >= 11 is 0. The maximum atomic E-state index is 13.5. The molecule has 0 saturated heterocycles. The predicted molar refractivity (Wildman–Crippen MR) is 176 cm³/mol. The first-order valence-electron chi connectivity index (χ1n) is 15.3. The number of carbonyl (C=O) groups is 3. The highest BCUT2D eigenvalue weighted by molar-refractivity contribution is 6.01. The van der Waals surface area contributed by atoms with Crippen molar-refractivity contribution in [1.29, 1.82) is 0 Å². The molecule has 0 aromatic heterocycles. The van der Waals surface area contributed by atoms with Crippen molar-refractivity contribution in [2.75, 3.05) is 37.4 Å². The minimum Gasteiger partial charge on any atom is -0.488 e. The van der Waals surface area contributed by atoms with Gasteiger partial charge in [0, 0.05) is 36.1 Å². The molecule has 1 heterocycles. The molecular weight excluding hydrogens is 568 g/mol. The number of fused-ring (bicyclic) bond motifs is 2. The van der Waals surface area contributed by atoms with Gasteiger partial charge in [0.1, 0.15) is 11.9 Å². The summed E-state index contributed by atoms with van der Waals surface area (Å²) in [7, 11) is 1.72. The first kappa shape index (κ1) is 31.5. The fourth-order valence-electron chi connectivity index (χ4n) is 5.61. The van der Waals surface area contributed by atoms with Crippen molar-refractivity contribution >= 4 is 40.0 Å². The Hall–Kier alpha value is -4.89. The molecule has 0 aliphatic carbocycles. The van der Waals surface area contributed by atoms with Crippen LogP contribution in [0.5, 0.6) is 5.75 Å². The van der Waals surface area contributed by atoms with E-state index < -0.39 is 12.1 Å². The second-order valence-electron chi connectivity index (χ2n) is 11.8. The molecule has 234 valence electrons. The van der Waals surface area contributed by atoms with Gasteiger partial charge < -0.3 is 30.3 Å². The third-order valence-electron chi connectivity index (χ3n) is 8.24. The van der Waals surface area contributed by atoms with Crippen LogP contribution < -0.4 is 15.4 Å². The zero-order valence-corrected chi connectivity index (χ0v) is 25.9. The average molecular weight is 609 g/mol. The number of ether oxygens (including phenoxy) is 1. The molecule has 0 fully saturated rings. The number of nitrogens with one attached hydrogen (secondary N) is 2. The quantitative estimate of drug-likeness (QED) is 0.250. The highest BCUT2D eigenvalue weighted by Crippen LogP contribution is 2.30. The van der Waals surface area contributed by atoms with Crippen LogP contribution in [-0.2, 0) is 22.4 Å². The van der Waals surface area contributed by atoms with Gasteiger partial charge in [0.25, 0.3) is 0 Å². The molecule has 9 nitrogen and oxygen atoms in total. The van der Waals surface area contributed by atoms with Gasteiger partial charge in [-0.05, 0) is 42.1 Å². The summed E-state index contributed by atoms with van der Waals surface area (Å²) in [6.45, 7) is 4.21. The van der Waals surface area contributed by atoms with E-state index in [4.69, 9.17) is 4.74 Å². The molecule has 4 aromatic carbocycles. The first-order valence-corrected chi connectivity index (χ1v) is 15.3. The Morgan fingerprint density at radius 2 is 1.73 bits per heavy atom. The van der Waals surface area contributed by atoms with E-state index in [0.717, 1.165) is 16.3 Å². The van der Waals surface area contributed by atoms with Gasteiger partial charge in [0.2, 0.25) is 11.8 Å². The molecule has 1 aliphatic rings. The molecule has 0 radical (unpaired) electrons. The minimum absolute atomic E-state index is 0.0406. The summed E-state index contributed by atoms with van der Waals surface area (Å²) < 4.78 is 6.56. The number of anilines is 2. The number of aliphatic hydroxyl groups excluding tert-OH is 1. The van der Waals surface area contributed by atoms with Crippen molar-refractivity contribution in [1.82, 2.24) is 9.80 Å². The van der Waals surface area contributed by atoms with E-state index in [9.17, 15) is 19.5 Å². The number of rotatable bonds is 8. The Morgan fingerprint density at radius 3 is 2.51 bits per heavy atom. The molecule has 4 amide bonds. The lowest BCUT2D eigenvalue weighted by atomic mass is 10.0. The van der Waals surface area contributed by atoms with Crippen LogP contribution in [0.3, 0.4) is 0 Å². The molecule has 3 atom stereocenters. The van der Waals surface area contributed by atoms with E-state index in [1.165, 1.54) is 0 Å². The molecule has 45 heavy (non-hydrogen) atoms. The van der Waals surface area contributed by atoms with E-state index in [-0.39, 0.29) is 49.8 Å². The van der Waals surface area contributed by atoms with Crippen LogP contribution in [0, 0.1) is 5.92 Å². The monoisotopic (exact) mass is 608 g/mol. The average Bonchev–Trinajstić information content (AvgIpc) is 3.08. The van der Waals surface area contributed by atoms with Crippen LogP contribution in [0.2, 0.25) is 0 Å². The van der Waals surface area contributed by atoms with Crippen LogP contribution in [0.25, 0.3) is 10.8 Å². The SMILES string of the molecule is C[C@@H]1CN([C@@H](C)CO)C(=O)Cc2cc(NC(=O)Cc3ccccc3)ccc2O[C@H]1CN(C)C(=O)Nc1cccc2ccccc12. The first-order chi connectivity index (χ1) is 21.7. The molecule has 3 N–H and O–H groups in total. The topological polar surface area (TPSA) is 111 Å². The molecule has 1 aliphatic heterocycles. The fraction of sp³-hybridized carbons (Fsp3) is 0.306. The van der Waals surface area contributed by atoms with Crippen LogP contribution >= 0.6 is 0 Å². The van der Waals surface area contributed by atoms with Crippen molar-refractivity contribution in [3.63, 3.8) is 0 Å². The highest BCUT2D eigenvalue weighted by Gasteiger charge is 2.32. The molecular formula is C36H40N4O5. The van der Waals surface area contributed by atoms with E-state index >= 15 is 0 Å². The Labute approximate surface area is 263 Å². The Morgan fingerprint density at radius 1 is 1.00 bits per heavy atom. The lowest BCUT2D eigenvalue weighted by Crippen LogP contribution is -2.48. The minimum atomic E-state index is -0.468. The number of hydrogen-bond donors (Lipinski definition) is 3. The Bertz CT molecular complexity index is 1650. The number of hydrogen-bond acceptors (Lipinski definition) is 5. The summed E-state index contributed by atoms with van der Waals surface area (Å²) in [5, 5.41) is 17.9. The second-order valence-corrected chi connectivity index (χ2v) is 11.8. The molecule has 0 bridgehead atoms. The third kappa shape index (κ3) is 7.80. The number of carbonyl (C=O) groups excluding carboxylic acids is 3. The van der Waals surface area contributed by atoms with Gasteiger partial charge in [-0.2, -0.15) is 0 Å². The molecule has 9 heteroatoms. The van der Waals surface area contributed by atoms with Crippen LogP contribution in [-0.4, -0.2) is 71.6 Å². The normalized spacial score (nSPS) is 17.2. The van der Waals surface area contributed by atoms with Crippen molar-refractivity contribution < 1.29 is 24.2 Å². The van der Waals surface area contributed by atoms with Crippen molar-refractivity contribution in [2.45, 2.75) is 38.8 Å². The molecule has 0 spiro atoms. The van der Waals surface area contributed by atoms with Gasteiger partial charge in [0.15, 0.2) is 0 Å². The molecule has 0 saturated carbocycles. The van der Waals surface area contributed by atoms with E-state index in [1.54, 1.807) is 35.0 Å². The van der Waals surface area contributed by atoms with E-state index in [2.05, 4.69) is 10.6 Å². The Kier molecular flexibility index (Phi) is 9.99. The highest BCUT2D eigenvalue weighted by atomic mass is 16.5. The number of aliphatic hydroxyl groups is 1. The van der Waals surface area contributed by atoms with Crippen LogP contribution in [0.4, 0.5) is 16.2 Å². The van der Waals surface area contributed by atoms with Gasteiger partial charge in [-0.25, -0.2) is 4.79 Å². The molecule has 0 unspecified atom stereocenters. The standard InChI is InChI=1S/C36H40N4O5/c1-24-21-40(25(2)23-41)35(43)20-28-19-29(37-34(42)18-26-10-5-4-6-11-26)16-17-32(28)45-33(24)22-39(3)36(44)38-31-15-9-13-27-12-7-8-14-30(27)31/h4-17,19,24-25,33,41H,18,20-23H2,1-3H3,(H,37,42)(H,38,44)/t24-,25+,33+/m1/s1. The van der Waals surface area contributed by atoms with Crippen LogP contribution in [0.1, 0.15) is 25.0 Å². The maximum absolute atomic E-state index is 13.5. The van der Waals surface area contributed by atoms with Gasteiger partial charge >= 0.3 is 6.03 Å². The van der Waals surface area contributed by atoms with Gasteiger partial charge in [-0.1, -0.05) is 73.7 Å². The zero-order valence-electron chi connectivity index (χ0n) is 25.9. The van der Waals surface area contributed by atoms with E-state index in [1.807, 2.05) is 86.6 Å². The summed E-state index contributed by atoms with van der Waals surface area (Å²) in [6, 6.07) is 27.7. The van der Waals surface area contributed by atoms with E-state index in [0.29, 0.717) is 29.2 Å². The summed E-state index contributed by atoms with van der Waals surface area (Å²) in [5.74, 6) is 0.0237. The number of urea groups is 1. The fourth-order valence-corrected chi connectivity index (χ4v) is 5.61. The van der Waals surface area contributed by atoms with Gasteiger partial charge in [-0.15, -0.1) is 0 Å². The van der Waals surface area contributed by atoms with Crippen molar-refractivity contribution in [3.05, 3.63) is 102 Å². The number of likely N-dealkylation sites (N-methyl/N-ethyl adjacent to an activating group) is 1. The van der Waals surface area contributed by atoms with Crippen LogP contribution in [0.15, 0.2) is 91.0 Å². The predicted octanol–water partition coefficient (Wildman–Crippen LogP) is 5.33. The maximum Gasteiger partial charge on any atom is 0.321 e. The lowest BCUT2D eigenvalue weighted by Gasteiger charge is -2.34. The summed E-state index contributed by atoms with van der Waals surface area (Å²) in [5.41, 5.74) is 2.79. The lowest BCUT2D eigenvalue weighted by molar-refractivity contribution is -0.134. The van der Waals surface area contributed by atoms with Gasteiger partial charge in [-0.3, -0.25) is 9.59 Å². The molecule has 5 rings (SSSR count). The number of amides is 4. The largest absolute Gasteiger partial charge is 0.488 e. The smallest absolute Gasteiger partial charge is 0.321 e. The third-order valence-corrected chi connectivity index (χ3v) is 8.24. The summed E-state index contributed by atoms with van der Waals surface area (Å²) in [4.78, 5) is 42.9. The van der Waals surface area contributed by atoms with Crippen molar-refractivity contribution in [3.8, 4) is 5.75 Å². The zero-order chi connectivity index (χ0) is 31.9. The van der Waals surface area contributed by atoms with Crippen molar-refractivity contribution in [2.24, 2.45) is 5.92 Å². The number of benzene rings is 4. The number of nitrogens with zero attached hydrogens (tertiary/aromatic N) is 2.